The van der Waals surface area contributed by atoms with Crippen LogP contribution in [0.25, 0.3) is 0 Å². The van der Waals surface area contributed by atoms with Crippen LogP contribution in [0.4, 0.5) is 5.69 Å². The Hall–Kier alpha value is -3.40. The Balaban J connectivity index is 1.55. The van der Waals surface area contributed by atoms with Crippen LogP contribution in [0.15, 0.2) is 53.4 Å². The maximum Gasteiger partial charge on any atom is 0.309 e. The standard InChI is InChI=1S/C35H41ClN2O6S/c1-5-22-17-26(36)18-23(6-2)32(22)37-30(39)20-38-19-29(28-15-12-25-9-8-16-44-34(25)21(28)4)31(35(40)41)33(38)24-10-13-27(14-11-24)45(42,43)7-3/h10-15,17-18,29,31,33H,5-9,16,19-20H2,1-4H3,(H,37,39)(H,40,41)/t29-,31-,33+/m1/s1. The predicted octanol–water partition coefficient (Wildman–Crippen LogP) is 6.37. The van der Waals surface area contributed by atoms with Crippen molar-refractivity contribution in [2.24, 2.45) is 5.92 Å². The highest BCUT2D eigenvalue weighted by atomic mass is 35.5. The van der Waals surface area contributed by atoms with Gasteiger partial charge in [-0.25, -0.2) is 8.42 Å². The highest BCUT2D eigenvalue weighted by Gasteiger charge is 2.48. The molecule has 0 spiro atoms. The fourth-order valence-electron chi connectivity index (χ4n) is 6.95. The van der Waals surface area contributed by atoms with E-state index in [9.17, 15) is 23.1 Å². The predicted molar refractivity (Wildman–Crippen MR) is 176 cm³/mol. The van der Waals surface area contributed by atoms with Crippen molar-refractivity contribution in [3.63, 3.8) is 0 Å². The lowest BCUT2D eigenvalue weighted by Crippen LogP contribution is -2.35. The van der Waals surface area contributed by atoms with Crippen LogP contribution in [0.1, 0.15) is 72.5 Å². The van der Waals surface area contributed by atoms with Gasteiger partial charge in [-0.15, -0.1) is 0 Å². The van der Waals surface area contributed by atoms with E-state index in [-0.39, 0.29) is 23.1 Å². The average molecular weight is 653 g/mol. The van der Waals surface area contributed by atoms with Gasteiger partial charge in [-0.1, -0.05) is 56.6 Å². The summed E-state index contributed by atoms with van der Waals surface area (Å²) >= 11 is 6.34. The number of aryl methyl sites for hydroxylation is 3. The van der Waals surface area contributed by atoms with E-state index in [0.717, 1.165) is 52.1 Å². The normalized spacial score (nSPS) is 20.0. The Labute approximate surface area is 270 Å². The zero-order chi connectivity index (χ0) is 32.5. The molecule has 0 aromatic heterocycles. The third-order valence-electron chi connectivity index (χ3n) is 9.25. The summed E-state index contributed by atoms with van der Waals surface area (Å²) in [4.78, 5) is 28.9. The molecule has 1 saturated heterocycles. The van der Waals surface area contributed by atoms with Gasteiger partial charge >= 0.3 is 5.97 Å². The van der Waals surface area contributed by atoms with E-state index in [2.05, 4.69) is 5.32 Å². The first kappa shape index (κ1) is 33.0. The molecule has 45 heavy (non-hydrogen) atoms. The van der Waals surface area contributed by atoms with Crippen molar-refractivity contribution in [1.82, 2.24) is 4.90 Å². The van der Waals surface area contributed by atoms with E-state index in [4.69, 9.17) is 16.3 Å². The molecule has 240 valence electrons. The number of carboxylic acids is 1. The van der Waals surface area contributed by atoms with Crippen molar-refractivity contribution in [2.45, 2.75) is 70.2 Å². The van der Waals surface area contributed by atoms with Gasteiger partial charge in [0.1, 0.15) is 5.75 Å². The number of rotatable bonds is 10. The Morgan fingerprint density at radius 2 is 1.71 bits per heavy atom. The Morgan fingerprint density at radius 3 is 2.31 bits per heavy atom. The first-order chi connectivity index (χ1) is 21.5. The third-order valence-corrected chi connectivity index (χ3v) is 11.2. The number of anilines is 1. The quantitative estimate of drug-likeness (QED) is 0.262. The molecule has 1 fully saturated rings. The fraction of sp³-hybridized carbons (Fsp3) is 0.429. The van der Waals surface area contributed by atoms with Gasteiger partial charge in [0.05, 0.1) is 29.7 Å². The van der Waals surface area contributed by atoms with Crippen LogP contribution in [0.3, 0.4) is 0 Å². The van der Waals surface area contributed by atoms with E-state index in [1.807, 2.05) is 49.9 Å². The van der Waals surface area contributed by atoms with Crippen LogP contribution in [0, 0.1) is 12.8 Å². The third kappa shape index (κ3) is 6.62. The average Bonchev–Trinajstić information content (AvgIpc) is 3.40. The summed E-state index contributed by atoms with van der Waals surface area (Å²) in [6.45, 7) is 8.48. The zero-order valence-corrected chi connectivity index (χ0v) is 27.8. The molecule has 2 aliphatic heterocycles. The lowest BCUT2D eigenvalue weighted by atomic mass is 9.80. The molecule has 5 rings (SSSR count). The van der Waals surface area contributed by atoms with Crippen LogP contribution >= 0.6 is 11.6 Å². The molecular formula is C35H41ClN2O6S. The zero-order valence-electron chi connectivity index (χ0n) is 26.2. The number of carboxylic acid groups (broad SMARTS) is 1. The van der Waals surface area contributed by atoms with Gasteiger partial charge in [-0.05, 0) is 90.3 Å². The number of carbonyl (C=O) groups excluding carboxylic acids is 1. The van der Waals surface area contributed by atoms with Crippen LogP contribution in [0.2, 0.25) is 5.02 Å². The van der Waals surface area contributed by atoms with E-state index in [1.54, 1.807) is 19.1 Å². The number of benzene rings is 3. The van der Waals surface area contributed by atoms with Crippen molar-refractivity contribution in [3.05, 3.63) is 86.9 Å². The number of amides is 1. The van der Waals surface area contributed by atoms with Gasteiger partial charge in [0.15, 0.2) is 9.84 Å². The number of carbonyl (C=O) groups is 2. The molecule has 1 amide bonds. The molecule has 3 aromatic rings. The van der Waals surface area contributed by atoms with Gasteiger partial charge in [0, 0.05) is 29.2 Å². The van der Waals surface area contributed by atoms with Crippen LogP contribution in [0.5, 0.6) is 5.75 Å². The van der Waals surface area contributed by atoms with Gasteiger partial charge in [-0.2, -0.15) is 0 Å². The summed E-state index contributed by atoms with van der Waals surface area (Å²) in [6, 6.07) is 13.5. The molecule has 10 heteroatoms. The van der Waals surface area contributed by atoms with E-state index >= 15 is 0 Å². The first-order valence-electron chi connectivity index (χ1n) is 15.6. The monoisotopic (exact) mass is 652 g/mol. The maximum absolute atomic E-state index is 13.7. The molecule has 0 aliphatic carbocycles. The van der Waals surface area contributed by atoms with Crippen LogP contribution < -0.4 is 10.1 Å². The van der Waals surface area contributed by atoms with Crippen molar-refractivity contribution in [3.8, 4) is 5.75 Å². The minimum absolute atomic E-state index is 0.0359. The number of hydrogen-bond acceptors (Lipinski definition) is 6. The molecule has 8 nitrogen and oxygen atoms in total. The number of nitrogens with one attached hydrogen (secondary N) is 1. The molecule has 2 aliphatic rings. The lowest BCUT2D eigenvalue weighted by molar-refractivity contribution is -0.143. The number of likely N-dealkylation sites (tertiary alicyclic amines) is 1. The molecule has 2 heterocycles. The topological polar surface area (TPSA) is 113 Å². The van der Waals surface area contributed by atoms with Gasteiger partial charge in [-0.3, -0.25) is 14.5 Å². The van der Waals surface area contributed by atoms with Crippen LogP contribution in [-0.2, 0) is 38.7 Å². The number of sulfone groups is 1. The van der Waals surface area contributed by atoms with Crippen molar-refractivity contribution in [2.75, 3.05) is 30.8 Å². The lowest BCUT2D eigenvalue weighted by Gasteiger charge is -2.27. The summed E-state index contributed by atoms with van der Waals surface area (Å²) in [5.41, 5.74) is 6.20. The highest BCUT2D eigenvalue weighted by Crippen LogP contribution is 2.48. The number of aliphatic carboxylic acids is 1. The summed E-state index contributed by atoms with van der Waals surface area (Å²) < 4.78 is 31.1. The second-order valence-electron chi connectivity index (χ2n) is 11.9. The largest absolute Gasteiger partial charge is 0.493 e. The highest BCUT2D eigenvalue weighted by molar-refractivity contribution is 7.91. The summed E-state index contributed by atoms with van der Waals surface area (Å²) in [5.74, 6) is -1.76. The van der Waals surface area contributed by atoms with Gasteiger partial charge in [0.25, 0.3) is 0 Å². The summed E-state index contributed by atoms with van der Waals surface area (Å²) in [6.07, 6.45) is 3.22. The van der Waals surface area contributed by atoms with Gasteiger partial charge < -0.3 is 15.2 Å². The first-order valence-corrected chi connectivity index (χ1v) is 17.7. The number of nitrogens with zero attached hydrogens (tertiary/aromatic N) is 1. The fourth-order valence-corrected chi connectivity index (χ4v) is 8.10. The van der Waals surface area contributed by atoms with Crippen molar-refractivity contribution < 1.29 is 27.9 Å². The Morgan fingerprint density at radius 1 is 1.04 bits per heavy atom. The summed E-state index contributed by atoms with van der Waals surface area (Å²) in [5, 5.41) is 14.4. The minimum Gasteiger partial charge on any atom is -0.493 e. The SMILES string of the molecule is CCc1cc(Cl)cc(CC)c1NC(=O)CN1C[C@H](c2ccc3c(c2C)OCCC3)[C@@H](C(=O)O)[C@@H]1c1ccc(S(=O)(=O)CC)cc1. The number of ether oxygens (including phenoxy) is 1. The van der Waals surface area contributed by atoms with Crippen LogP contribution in [-0.4, -0.2) is 55.7 Å². The molecular weight excluding hydrogens is 612 g/mol. The minimum atomic E-state index is -3.44. The maximum atomic E-state index is 13.7. The molecule has 3 atom stereocenters. The molecule has 0 saturated carbocycles. The van der Waals surface area contributed by atoms with E-state index in [1.165, 1.54) is 12.1 Å². The Kier molecular flexibility index (Phi) is 9.91. The number of hydrogen-bond donors (Lipinski definition) is 2. The Bertz CT molecular complexity index is 1680. The van der Waals surface area contributed by atoms with Crippen molar-refractivity contribution >= 4 is 39.0 Å². The molecule has 0 unspecified atom stereocenters. The van der Waals surface area contributed by atoms with Crippen molar-refractivity contribution in [1.29, 1.82) is 0 Å². The molecule has 3 aromatic carbocycles. The second kappa shape index (κ2) is 13.5. The number of halogens is 1. The summed E-state index contributed by atoms with van der Waals surface area (Å²) in [7, 11) is -3.44. The van der Waals surface area contributed by atoms with E-state index in [0.29, 0.717) is 36.6 Å². The molecule has 2 N–H and O–H groups in total. The smallest absolute Gasteiger partial charge is 0.309 e. The van der Waals surface area contributed by atoms with E-state index < -0.39 is 33.7 Å². The number of fused-ring (bicyclic) bond motifs is 1. The molecule has 0 radical (unpaired) electrons. The molecule has 0 bridgehead atoms. The second-order valence-corrected chi connectivity index (χ2v) is 14.6. The van der Waals surface area contributed by atoms with Gasteiger partial charge in [0.2, 0.25) is 5.91 Å².